The summed E-state index contributed by atoms with van der Waals surface area (Å²) >= 11 is 0. The van der Waals surface area contributed by atoms with E-state index in [1.807, 2.05) is 13.8 Å². The smallest absolute Gasteiger partial charge is 0.343 e. The molecule has 6 heteroatoms. The average molecular weight is 294 g/mol. The lowest BCUT2D eigenvalue weighted by molar-refractivity contribution is -0.134. The van der Waals surface area contributed by atoms with Crippen LogP contribution in [0, 0.1) is 0 Å². The Kier molecular flexibility index (Phi) is 6.39. The van der Waals surface area contributed by atoms with E-state index in [0.717, 1.165) is 0 Å². The minimum Gasteiger partial charge on any atom is -0.477 e. The van der Waals surface area contributed by atoms with Gasteiger partial charge in [0.25, 0.3) is 0 Å². The Balaban J connectivity index is 3.06. The van der Waals surface area contributed by atoms with Crippen molar-refractivity contribution in [3.63, 3.8) is 0 Å². The van der Waals surface area contributed by atoms with Crippen molar-refractivity contribution in [2.75, 3.05) is 0 Å². The Morgan fingerprint density at radius 1 is 0.952 bits per heavy atom. The quantitative estimate of drug-likeness (QED) is 0.614. The van der Waals surface area contributed by atoms with E-state index < -0.39 is 17.9 Å². The van der Waals surface area contributed by atoms with Crippen LogP contribution in [0.5, 0.6) is 11.5 Å². The fraction of sp³-hybridized carbons (Fsp3) is 0.400. The number of esters is 2. The summed E-state index contributed by atoms with van der Waals surface area (Å²) in [5, 5.41) is 9.25. The number of carbonyl (C=O) groups is 3. The van der Waals surface area contributed by atoms with Crippen LogP contribution in [-0.4, -0.2) is 23.0 Å². The maximum atomic E-state index is 11.5. The van der Waals surface area contributed by atoms with Crippen molar-refractivity contribution in [2.45, 2.75) is 39.5 Å². The number of carboxylic acids is 1. The monoisotopic (exact) mass is 294 g/mol. The molecular weight excluding hydrogens is 276 g/mol. The SMILES string of the molecule is CCCC(=O)Oc1cccc(OC(=O)CCC)c1C(=O)O. The topological polar surface area (TPSA) is 89.9 Å². The summed E-state index contributed by atoms with van der Waals surface area (Å²) in [5.41, 5.74) is -0.327. The highest BCUT2D eigenvalue weighted by Gasteiger charge is 2.21. The zero-order valence-corrected chi connectivity index (χ0v) is 12.0. The number of rotatable bonds is 7. The van der Waals surface area contributed by atoms with E-state index in [1.165, 1.54) is 18.2 Å². The van der Waals surface area contributed by atoms with Gasteiger partial charge in [-0.2, -0.15) is 0 Å². The van der Waals surface area contributed by atoms with Gasteiger partial charge in [0.15, 0.2) is 0 Å². The van der Waals surface area contributed by atoms with Crippen molar-refractivity contribution < 1.29 is 29.0 Å². The molecule has 0 spiro atoms. The molecular formula is C15H18O6. The largest absolute Gasteiger partial charge is 0.477 e. The molecule has 114 valence electrons. The van der Waals surface area contributed by atoms with E-state index in [0.29, 0.717) is 12.8 Å². The van der Waals surface area contributed by atoms with Crippen LogP contribution >= 0.6 is 0 Å². The van der Waals surface area contributed by atoms with Crippen LogP contribution in [0.1, 0.15) is 49.9 Å². The average Bonchev–Trinajstić information content (AvgIpc) is 2.38. The second kappa shape index (κ2) is 8.04. The highest BCUT2D eigenvalue weighted by Crippen LogP contribution is 2.29. The van der Waals surface area contributed by atoms with Crippen LogP contribution in [0.2, 0.25) is 0 Å². The summed E-state index contributed by atoms with van der Waals surface area (Å²) in [4.78, 5) is 34.3. The molecule has 0 aliphatic rings. The minimum absolute atomic E-state index is 0.122. The van der Waals surface area contributed by atoms with Crippen molar-refractivity contribution in [1.29, 1.82) is 0 Å². The Morgan fingerprint density at radius 2 is 1.38 bits per heavy atom. The lowest BCUT2D eigenvalue weighted by Gasteiger charge is -2.11. The van der Waals surface area contributed by atoms with Gasteiger partial charge in [0, 0.05) is 12.8 Å². The molecule has 0 aromatic heterocycles. The predicted molar refractivity (Wildman–Crippen MR) is 74.5 cm³/mol. The van der Waals surface area contributed by atoms with Gasteiger partial charge in [0.05, 0.1) is 0 Å². The van der Waals surface area contributed by atoms with E-state index in [2.05, 4.69) is 0 Å². The van der Waals surface area contributed by atoms with Gasteiger partial charge in [-0.15, -0.1) is 0 Å². The Labute approximate surface area is 122 Å². The highest BCUT2D eigenvalue weighted by atomic mass is 16.5. The molecule has 1 aromatic rings. The van der Waals surface area contributed by atoms with E-state index in [1.54, 1.807) is 0 Å². The zero-order chi connectivity index (χ0) is 15.8. The fourth-order valence-corrected chi connectivity index (χ4v) is 1.65. The Hall–Kier alpha value is -2.37. The summed E-state index contributed by atoms with van der Waals surface area (Å²) in [6.07, 6.45) is 1.54. The van der Waals surface area contributed by atoms with Crippen molar-refractivity contribution >= 4 is 17.9 Å². The second-order valence-electron chi connectivity index (χ2n) is 4.38. The minimum atomic E-state index is -1.32. The van der Waals surface area contributed by atoms with Crippen LogP contribution in [0.25, 0.3) is 0 Å². The number of aromatic carboxylic acids is 1. The van der Waals surface area contributed by atoms with Crippen molar-refractivity contribution in [2.24, 2.45) is 0 Å². The Morgan fingerprint density at radius 3 is 1.71 bits per heavy atom. The zero-order valence-electron chi connectivity index (χ0n) is 12.0. The number of hydrogen-bond donors (Lipinski definition) is 1. The van der Waals surface area contributed by atoms with Crippen LogP contribution < -0.4 is 9.47 Å². The molecule has 0 saturated heterocycles. The number of ether oxygens (including phenoxy) is 2. The first-order valence-electron chi connectivity index (χ1n) is 6.77. The van der Waals surface area contributed by atoms with E-state index >= 15 is 0 Å². The fourth-order valence-electron chi connectivity index (χ4n) is 1.65. The number of hydrogen-bond acceptors (Lipinski definition) is 5. The molecule has 0 radical (unpaired) electrons. The van der Waals surface area contributed by atoms with Gasteiger partial charge in [-0.1, -0.05) is 19.9 Å². The Bertz CT molecular complexity index is 497. The van der Waals surface area contributed by atoms with Gasteiger partial charge in [0.1, 0.15) is 17.1 Å². The summed E-state index contributed by atoms with van der Waals surface area (Å²) in [7, 11) is 0. The maximum absolute atomic E-state index is 11.5. The molecule has 0 atom stereocenters. The third-order valence-corrected chi connectivity index (χ3v) is 2.56. The molecule has 0 unspecified atom stereocenters. The highest BCUT2D eigenvalue weighted by molar-refractivity contribution is 5.96. The first-order valence-corrected chi connectivity index (χ1v) is 6.77. The molecule has 0 saturated carbocycles. The van der Waals surface area contributed by atoms with Gasteiger partial charge in [0.2, 0.25) is 0 Å². The maximum Gasteiger partial charge on any atom is 0.343 e. The molecule has 21 heavy (non-hydrogen) atoms. The number of benzene rings is 1. The molecule has 0 heterocycles. The number of carboxylic acid groups (broad SMARTS) is 1. The third kappa shape index (κ3) is 4.91. The van der Waals surface area contributed by atoms with Gasteiger partial charge in [-0.25, -0.2) is 4.79 Å². The van der Waals surface area contributed by atoms with Crippen molar-refractivity contribution in [1.82, 2.24) is 0 Å². The molecule has 0 aliphatic carbocycles. The van der Waals surface area contributed by atoms with Crippen molar-refractivity contribution in [3.05, 3.63) is 23.8 Å². The summed E-state index contributed by atoms with van der Waals surface area (Å²) in [5.74, 6) is -2.63. The third-order valence-electron chi connectivity index (χ3n) is 2.56. The van der Waals surface area contributed by atoms with Gasteiger partial charge in [-0.3, -0.25) is 9.59 Å². The second-order valence-corrected chi connectivity index (χ2v) is 4.38. The van der Waals surface area contributed by atoms with Gasteiger partial charge in [-0.05, 0) is 25.0 Å². The molecule has 0 amide bonds. The van der Waals surface area contributed by atoms with Crippen molar-refractivity contribution in [3.8, 4) is 11.5 Å². The molecule has 0 bridgehead atoms. The number of carbonyl (C=O) groups excluding carboxylic acids is 2. The molecule has 0 fully saturated rings. The predicted octanol–water partition coefficient (Wildman–Crippen LogP) is 2.80. The summed E-state index contributed by atoms with van der Waals surface area (Å²) in [6.45, 7) is 3.62. The molecule has 0 aliphatic heterocycles. The van der Waals surface area contributed by atoms with Crippen LogP contribution in [0.15, 0.2) is 18.2 Å². The van der Waals surface area contributed by atoms with Crippen LogP contribution in [0.3, 0.4) is 0 Å². The normalized spacial score (nSPS) is 10.0. The molecule has 1 rings (SSSR count). The van der Waals surface area contributed by atoms with E-state index in [-0.39, 0.29) is 29.9 Å². The van der Waals surface area contributed by atoms with Crippen LogP contribution in [0.4, 0.5) is 0 Å². The van der Waals surface area contributed by atoms with Gasteiger partial charge >= 0.3 is 17.9 Å². The summed E-state index contributed by atoms with van der Waals surface area (Å²) in [6, 6.07) is 4.18. The standard InChI is InChI=1S/C15H18O6/c1-3-6-12(16)20-10-8-5-9-11(14(10)15(18)19)21-13(17)7-4-2/h5,8-9H,3-4,6-7H2,1-2H3,(H,18,19). The lowest BCUT2D eigenvalue weighted by Crippen LogP contribution is -2.14. The first-order chi connectivity index (χ1) is 9.99. The molecule has 1 aromatic carbocycles. The van der Waals surface area contributed by atoms with Gasteiger partial charge < -0.3 is 14.6 Å². The van der Waals surface area contributed by atoms with E-state index in [9.17, 15) is 19.5 Å². The van der Waals surface area contributed by atoms with Crippen LogP contribution in [-0.2, 0) is 9.59 Å². The molecule has 1 N–H and O–H groups in total. The lowest BCUT2D eigenvalue weighted by atomic mass is 10.1. The molecule has 6 nitrogen and oxygen atoms in total. The summed E-state index contributed by atoms with van der Waals surface area (Å²) < 4.78 is 10.0. The van der Waals surface area contributed by atoms with E-state index in [4.69, 9.17) is 9.47 Å². The first kappa shape index (κ1) is 16.7.